The molecule has 0 aromatic heterocycles. The van der Waals surface area contributed by atoms with Gasteiger partial charge in [0.1, 0.15) is 0 Å². The van der Waals surface area contributed by atoms with Crippen LogP contribution >= 0.6 is 0 Å². The van der Waals surface area contributed by atoms with Crippen molar-refractivity contribution in [2.75, 3.05) is 10.6 Å². The summed E-state index contributed by atoms with van der Waals surface area (Å²) in [5, 5.41) is 5.90. The molecule has 1 amide bonds. The van der Waals surface area contributed by atoms with Crippen molar-refractivity contribution in [3.8, 4) is 0 Å². The number of Topliss-reactive ketones (excluding diaryl/α,β-unsaturated/α-hetero) is 1. The van der Waals surface area contributed by atoms with Gasteiger partial charge in [-0.3, -0.25) is 9.59 Å². The van der Waals surface area contributed by atoms with Gasteiger partial charge < -0.3 is 10.6 Å². The Hall–Kier alpha value is -3.61. The van der Waals surface area contributed by atoms with Crippen molar-refractivity contribution in [3.63, 3.8) is 0 Å². The molecule has 7 heteroatoms. The normalized spacial score (nSPS) is 13.8. The lowest BCUT2D eigenvalue weighted by Crippen LogP contribution is -2.14. The number of benzene rings is 3. The zero-order valence-corrected chi connectivity index (χ0v) is 17.1. The Bertz CT molecular complexity index is 1170. The van der Waals surface area contributed by atoms with E-state index in [1.165, 1.54) is 12.1 Å². The molecule has 3 aromatic rings. The van der Waals surface area contributed by atoms with Crippen molar-refractivity contribution in [2.45, 2.75) is 31.9 Å². The first-order chi connectivity index (χ1) is 15.3. The number of alkyl halides is 3. The second-order valence-corrected chi connectivity index (χ2v) is 7.74. The van der Waals surface area contributed by atoms with Crippen LogP contribution in [-0.4, -0.2) is 11.7 Å². The van der Waals surface area contributed by atoms with Gasteiger partial charge in [0, 0.05) is 34.6 Å². The minimum Gasteiger partial charge on any atom is -0.355 e. The Morgan fingerprint density at radius 2 is 1.53 bits per heavy atom. The number of aryl methyl sites for hydroxylation is 1. The van der Waals surface area contributed by atoms with Gasteiger partial charge in [-0.25, -0.2) is 0 Å². The highest BCUT2D eigenvalue weighted by Crippen LogP contribution is 2.30. The minimum atomic E-state index is -4.52. The number of fused-ring (bicyclic) bond motifs is 1. The van der Waals surface area contributed by atoms with E-state index in [1.54, 1.807) is 18.2 Å². The first kappa shape index (κ1) is 21.6. The summed E-state index contributed by atoms with van der Waals surface area (Å²) in [5.74, 6) is -0.458. The number of carbonyl (C=O) groups is 2. The van der Waals surface area contributed by atoms with E-state index in [2.05, 4.69) is 10.6 Å². The lowest BCUT2D eigenvalue weighted by atomic mass is 10.0. The quantitative estimate of drug-likeness (QED) is 0.451. The molecular weight excluding hydrogens is 417 g/mol. The first-order valence-electron chi connectivity index (χ1n) is 10.3. The summed E-state index contributed by atoms with van der Waals surface area (Å²) in [6.07, 6.45) is -1.22. The number of hydrogen-bond acceptors (Lipinski definition) is 3. The number of carbonyl (C=O) groups excluding carboxylic acids is 2. The molecule has 0 unspecified atom stereocenters. The maximum absolute atomic E-state index is 12.9. The Labute approximate surface area is 183 Å². The van der Waals surface area contributed by atoms with Crippen molar-refractivity contribution in [1.82, 2.24) is 0 Å². The SMILES string of the molecule is O=C(Nc1cccc(Nc2ccc3c(c2)CCCCC3=O)c1)c1cccc(C(F)(F)F)c1. The molecule has 2 N–H and O–H groups in total. The Balaban J connectivity index is 1.49. The van der Waals surface area contributed by atoms with E-state index < -0.39 is 17.6 Å². The Kier molecular flexibility index (Phi) is 5.99. The van der Waals surface area contributed by atoms with Gasteiger partial charge in [-0.15, -0.1) is 0 Å². The van der Waals surface area contributed by atoms with Gasteiger partial charge in [0.25, 0.3) is 5.91 Å². The number of anilines is 3. The van der Waals surface area contributed by atoms with Gasteiger partial charge >= 0.3 is 6.18 Å². The summed E-state index contributed by atoms with van der Waals surface area (Å²) in [7, 11) is 0. The fraction of sp³-hybridized carbons (Fsp3) is 0.200. The topological polar surface area (TPSA) is 58.2 Å². The molecule has 0 atom stereocenters. The van der Waals surface area contributed by atoms with E-state index in [0.717, 1.165) is 48.2 Å². The summed E-state index contributed by atoms with van der Waals surface area (Å²) in [6.45, 7) is 0. The van der Waals surface area contributed by atoms with Gasteiger partial charge in [-0.05, 0) is 79.4 Å². The van der Waals surface area contributed by atoms with Gasteiger partial charge in [0.2, 0.25) is 0 Å². The standard InChI is InChI=1S/C25H21F3N2O2/c26-25(27,28)18-7-3-6-17(13-18)24(32)30-20-9-4-8-19(15-20)29-21-11-12-22-16(14-21)5-1-2-10-23(22)31/h3-4,6-9,11-15,29H,1-2,5,10H2,(H,30,32). The smallest absolute Gasteiger partial charge is 0.355 e. The Morgan fingerprint density at radius 3 is 2.34 bits per heavy atom. The van der Waals surface area contributed by atoms with E-state index in [4.69, 9.17) is 0 Å². The van der Waals surface area contributed by atoms with E-state index in [9.17, 15) is 22.8 Å². The van der Waals surface area contributed by atoms with Crippen LogP contribution in [0.4, 0.5) is 30.2 Å². The molecule has 0 aliphatic heterocycles. The highest BCUT2D eigenvalue weighted by atomic mass is 19.4. The number of amides is 1. The molecule has 0 saturated heterocycles. The average molecular weight is 438 g/mol. The molecule has 4 rings (SSSR count). The number of nitrogens with one attached hydrogen (secondary N) is 2. The number of ketones is 1. The molecule has 1 aliphatic rings. The van der Waals surface area contributed by atoms with Gasteiger partial charge in [0.05, 0.1) is 5.56 Å². The van der Waals surface area contributed by atoms with Gasteiger partial charge in [0.15, 0.2) is 5.78 Å². The van der Waals surface area contributed by atoms with Crippen LogP contribution in [0, 0.1) is 0 Å². The zero-order valence-electron chi connectivity index (χ0n) is 17.1. The average Bonchev–Trinajstić information content (AvgIpc) is 2.94. The van der Waals surface area contributed by atoms with Crippen molar-refractivity contribution >= 4 is 28.8 Å². The molecule has 0 saturated carbocycles. The largest absolute Gasteiger partial charge is 0.416 e. The minimum absolute atomic E-state index is 0.0754. The molecule has 1 aliphatic carbocycles. The molecule has 0 fully saturated rings. The van der Waals surface area contributed by atoms with Crippen LogP contribution in [0.15, 0.2) is 66.7 Å². The number of hydrogen-bond donors (Lipinski definition) is 2. The van der Waals surface area contributed by atoms with Crippen LogP contribution in [0.2, 0.25) is 0 Å². The summed E-state index contributed by atoms with van der Waals surface area (Å²) in [5.41, 5.74) is 2.81. The lowest BCUT2D eigenvalue weighted by Gasteiger charge is -2.13. The van der Waals surface area contributed by atoms with Gasteiger partial charge in [-0.2, -0.15) is 13.2 Å². The summed E-state index contributed by atoms with van der Waals surface area (Å²) >= 11 is 0. The first-order valence-corrected chi connectivity index (χ1v) is 10.3. The van der Waals surface area contributed by atoms with Crippen LogP contribution in [0.1, 0.15) is 51.1 Å². The van der Waals surface area contributed by atoms with Crippen molar-refractivity contribution < 1.29 is 22.8 Å². The molecule has 0 heterocycles. The lowest BCUT2D eigenvalue weighted by molar-refractivity contribution is -0.137. The van der Waals surface area contributed by atoms with Crippen LogP contribution < -0.4 is 10.6 Å². The summed E-state index contributed by atoms with van der Waals surface area (Å²) < 4.78 is 38.7. The van der Waals surface area contributed by atoms with Crippen LogP contribution in [0.3, 0.4) is 0 Å². The molecule has 4 nitrogen and oxygen atoms in total. The molecule has 164 valence electrons. The summed E-state index contributed by atoms with van der Waals surface area (Å²) in [6, 6.07) is 16.8. The summed E-state index contributed by atoms with van der Waals surface area (Å²) in [4.78, 5) is 24.6. The predicted molar refractivity (Wildman–Crippen MR) is 117 cm³/mol. The predicted octanol–water partition coefficient (Wildman–Crippen LogP) is 6.61. The highest BCUT2D eigenvalue weighted by Gasteiger charge is 2.30. The van der Waals surface area contributed by atoms with Crippen molar-refractivity contribution in [3.05, 3.63) is 89.0 Å². The Morgan fingerprint density at radius 1 is 0.812 bits per heavy atom. The molecule has 0 radical (unpaired) electrons. The molecule has 0 bridgehead atoms. The fourth-order valence-electron chi connectivity index (χ4n) is 3.77. The van der Waals surface area contributed by atoms with E-state index in [1.807, 2.05) is 24.3 Å². The molecule has 0 spiro atoms. The van der Waals surface area contributed by atoms with Crippen LogP contribution in [-0.2, 0) is 12.6 Å². The monoisotopic (exact) mass is 438 g/mol. The van der Waals surface area contributed by atoms with Crippen molar-refractivity contribution in [1.29, 1.82) is 0 Å². The van der Waals surface area contributed by atoms with E-state index >= 15 is 0 Å². The molecule has 32 heavy (non-hydrogen) atoms. The third-order valence-electron chi connectivity index (χ3n) is 5.37. The van der Waals surface area contributed by atoms with Crippen molar-refractivity contribution in [2.24, 2.45) is 0 Å². The van der Waals surface area contributed by atoms with E-state index in [0.29, 0.717) is 17.8 Å². The third kappa shape index (κ3) is 4.99. The number of rotatable bonds is 4. The zero-order chi connectivity index (χ0) is 22.7. The highest BCUT2D eigenvalue weighted by molar-refractivity contribution is 6.04. The number of halogens is 3. The van der Waals surface area contributed by atoms with Crippen LogP contribution in [0.25, 0.3) is 0 Å². The third-order valence-corrected chi connectivity index (χ3v) is 5.37. The van der Waals surface area contributed by atoms with E-state index in [-0.39, 0.29) is 11.3 Å². The van der Waals surface area contributed by atoms with Crippen LogP contribution in [0.5, 0.6) is 0 Å². The molecular formula is C25H21F3N2O2. The van der Waals surface area contributed by atoms with Gasteiger partial charge in [-0.1, -0.05) is 12.1 Å². The second-order valence-electron chi connectivity index (χ2n) is 7.74. The second kappa shape index (κ2) is 8.86. The maximum atomic E-state index is 12.9. The maximum Gasteiger partial charge on any atom is 0.416 e. The fourth-order valence-corrected chi connectivity index (χ4v) is 3.77. The molecule has 3 aromatic carbocycles.